The molecule has 1 aromatic carbocycles. The van der Waals surface area contributed by atoms with Crippen LogP contribution >= 0.6 is 23.7 Å². The highest BCUT2D eigenvalue weighted by Gasteiger charge is 2.25. The van der Waals surface area contributed by atoms with Crippen molar-refractivity contribution in [2.24, 2.45) is 0 Å². The van der Waals surface area contributed by atoms with Crippen molar-refractivity contribution < 1.29 is 4.79 Å². The molecule has 5 heteroatoms. The molecule has 0 bridgehead atoms. The van der Waals surface area contributed by atoms with Crippen LogP contribution in [0.3, 0.4) is 0 Å². The second kappa shape index (κ2) is 7.16. The zero-order valence-corrected chi connectivity index (χ0v) is 13.6. The number of nitrogens with zero attached hydrogens (tertiary/aromatic N) is 1. The number of halogens is 1. The predicted octanol–water partition coefficient (Wildman–Crippen LogP) is 3.27. The second-order valence-electron chi connectivity index (χ2n) is 5.04. The molecular weight excluding hydrogens is 304 g/mol. The fourth-order valence-electron chi connectivity index (χ4n) is 2.37. The monoisotopic (exact) mass is 322 g/mol. The lowest BCUT2D eigenvalue weighted by atomic mass is 10.0. The first-order valence-corrected chi connectivity index (χ1v) is 7.89. The van der Waals surface area contributed by atoms with E-state index >= 15 is 0 Å². The summed E-state index contributed by atoms with van der Waals surface area (Å²) in [4.78, 5) is 18.0. The minimum atomic E-state index is 0. The molecule has 0 spiro atoms. The van der Waals surface area contributed by atoms with E-state index < -0.39 is 0 Å². The lowest BCUT2D eigenvalue weighted by molar-refractivity contribution is -0.121. The predicted molar refractivity (Wildman–Crippen MR) is 89.3 cm³/mol. The van der Waals surface area contributed by atoms with Gasteiger partial charge in [0.15, 0.2) is 5.78 Å². The van der Waals surface area contributed by atoms with Gasteiger partial charge in [0.2, 0.25) is 0 Å². The van der Waals surface area contributed by atoms with Crippen molar-refractivity contribution in [3.05, 3.63) is 40.2 Å². The molecule has 0 amide bonds. The molecule has 1 aliphatic rings. The summed E-state index contributed by atoms with van der Waals surface area (Å²) in [6.45, 7) is 3.10. The van der Waals surface area contributed by atoms with Crippen LogP contribution in [0.25, 0.3) is 11.3 Å². The molecule has 1 saturated heterocycles. The van der Waals surface area contributed by atoms with Crippen molar-refractivity contribution >= 4 is 29.5 Å². The van der Waals surface area contributed by atoms with E-state index in [0.717, 1.165) is 35.7 Å². The number of aromatic nitrogens is 1. The van der Waals surface area contributed by atoms with Gasteiger partial charge in [0.1, 0.15) is 5.01 Å². The highest BCUT2D eigenvalue weighted by molar-refractivity contribution is 7.12. The van der Waals surface area contributed by atoms with E-state index in [0.29, 0.717) is 6.42 Å². The van der Waals surface area contributed by atoms with Crippen molar-refractivity contribution in [3.8, 4) is 11.3 Å². The zero-order valence-electron chi connectivity index (χ0n) is 12.0. The average molecular weight is 323 g/mol. The number of carbonyl (C=O) groups excluding carboxylic acids is 1. The van der Waals surface area contributed by atoms with Gasteiger partial charge >= 0.3 is 0 Å². The average Bonchev–Trinajstić information content (AvgIpc) is 2.80. The Morgan fingerprint density at radius 1 is 1.38 bits per heavy atom. The molecule has 2 heterocycles. The van der Waals surface area contributed by atoms with Crippen LogP contribution in [0.2, 0.25) is 0 Å². The lowest BCUT2D eigenvalue weighted by Gasteiger charge is -2.25. The molecule has 3 rings (SSSR count). The Morgan fingerprint density at radius 3 is 2.67 bits per heavy atom. The van der Waals surface area contributed by atoms with Gasteiger partial charge in [0.25, 0.3) is 0 Å². The fraction of sp³-hybridized carbons (Fsp3) is 0.375. The van der Waals surface area contributed by atoms with Crippen molar-refractivity contribution in [3.63, 3.8) is 0 Å². The van der Waals surface area contributed by atoms with Gasteiger partial charge in [0.05, 0.1) is 18.2 Å². The standard InChI is InChI=1S/C16H18N2OS.ClH/c1-2-14-16(11-6-4-3-5-7-11)18-15(20-14)10-13(19)12-8-9-17-12;/h3-7,12,17H,2,8-10H2,1H3;1H/t12-;/m0./s1. The van der Waals surface area contributed by atoms with Gasteiger partial charge in [0, 0.05) is 10.4 Å². The largest absolute Gasteiger partial charge is 0.307 e. The lowest BCUT2D eigenvalue weighted by Crippen LogP contribution is -2.49. The fourth-order valence-corrected chi connectivity index (χ4v) is 3.41. The number of hydrogen-bond acceptors (Lipinski definition) is 4. The van der Waals surface area contributed by atoms with E-state index in [1.165, 1.54) is 4.88 Å². The first-order chi connectivity index (χ1) is 9.78. The quantitative estimate of drug-likeness (QED) is 0.918. The molecular formula is C16H19ClN2OS. The summed E-state index contributed by atoms with van der Waals surface area (Å²) < 4.78 is 0. The van der Waals surface area contributed by atoms with Gasteiger partial charge in [-0.3, -0.25) is 4.79 Å². The third kappa shape index (κ3) is 3.51. The third-order valence-electron chi connectivity index (χ3n) is 3.65. The molecule has 1 aliphatic heterocycles. The molecule has 2 aromatic rings. The molecule has 0 saturated carbocycles. The summed E-state index contributed by atoms with van der Waals surface area (Å²) in [6.07, 6.45) is 2.39. The second-order valence-corrected chi connectivity index (χ2v) is 6.21. The van der Waals surface area contributed by atoms with Crippen LogP contribution < -0.4 is 5.32 Å². The molecule has 1 N–H and O–H groups in total. The summed E-state index contributed by atoms with van der Waals surface area (Å²) in [5, 5.41) is 4.10. The summed E-state index contributed by atoms with van der Waals surface area (Å²) in [7, 11) is 0. The maximum absolute atomic E-state index is 12.0. The van der Waals surface area contributed by atoms with Crippen LogP contribution in [0.15, 0.2) is 30.3 Å². The van der Waals surface area contributed by atoms with Gasteiger partial charge in [-0.15, -0.1) is 23.7 Å². The van der Waals surface area contributed by atoms with Crippen LogP contribution in [0.5, 0.6) is 0 Å². The van der Waals surface area contributed by atoms with E-state index in [-0.39, 0.29) is 24.2 Å². The molecule has 1 atom stereocenters. The molecule has 21 heavy (non-hydrogen) atoms. The minimum absolute atomic E-state index is 0. The van der Waals surface area contributed by atoms with Crippen LogP contribution in [0, 0.1) is 0 Å². The number of ketones is 1. The van der Waals surface area contributed by atoms with E-state index in [1.54, 1.807) is 11.3 Å². The molecule has 112 valence electrons. The highest BCUT2D eigenvalue weighted by Crippen LogP contribution is 2.29. The Hall–Kier alpha value is -1.23. The number of nitrogens with one attached hydrogen (secondary N) is 1. The first kappa shape index (κ1) is 16.1. The van der Waals surface area contributed by atoms with Crippen LogP contribution in [0.1, 0.15) is 23.2 Å². The van der Waals surface area contributed by atoms with E-state index in [2.05, 4.69) is 24.4 Å². The van der Waals surface area contributed by atoms with Gasteiger partial charge in [-0.1, -0.05) is 37.3 Å². The van der Waals surface area contributed by atoms with Gasteiger partial charge < -0.3 is 5.32 Å². The van der Waals surface area contributed by atoms with E-state index in [4.69, 9.17) is 4.98 Å². The Bertz CT molecular complexity index is 608. The molecule has 0 radical (unpaired) electrons. The first-order valence-electron chi connectivity index (χ1n) is 7.08. The van der Waals surface area contributed by atoms with Crippen LogP contribution in [-0.4, -0.2) is 23.4 Å². The Kier molecular flexibility index (Phi) is 5.51. The molecule has 1 aromatic heterocycles. The third-order valence-corrected chi connectivity index (χ3v) is 4.85. The highest BCUT2D eigenvalue weighted by atomic mass is 35.5. The number of benzene rings is 1. The smallest absolute Gasteiger partial charge is 0.156 e. The minimum Gasteiger partial charge on any atom is -0.307 e. The number of carbonyl (C=O) groups is 1. The van der Waals surface area contributed by atoms with Crippen molar-refractivity contribution in [2.45, 2.75) is 32.2 Å². The van der Waals surface area contributed by atoms with E-state index in [1.807, 2.05) is 18.2 Å². The Labute approximate surface area is 135 Å². The number of hydrogen-bond donors (Lipinski definition) is 1. The van der Waals surface area contributed by atoms with Crippen molar-refractivity contribution in [1.82, 2.24) is 10.3 Å². The number of Topliss-reactive ketones (excluding diaryl/α,β-unsaturated/α-hetero) is 1. The molecule has 0 unspecified atom stereocenters. The number of aryl methyl sites for hydroxylation is 1. The maximum atomic E-state index is 12.0. The Morgan fingerprint density at radius 2 is 2.10 bits per heavy atom. The van der Waals surface area contributed by atoms with Gasteiger partial charge in [-0.05, 0) is 19.4 Å². The molecule has 3 nitrogen and oxygen atoms in total. The van der Waals surface area contributed by atoms with Crippen LogP contribution in [0.4, 0.5) is 0 Å². The van der Waals surface area contributed by atoms with Crippen molar-refractivity contribution in [1.29, 1.82) is 0 Å². The summed E-state index contributed by atoms with van der Waals surface area (Å²) in [6, 6.07) is 10.3. The van der Waals surface area contributed by atoms with Gasteiger partial charge in [-0.25, -0.2) is 4.98 Å². The summed E-state index contributed by atoms with van der Waals surface area (Å²) in [5.41, 5.74) is 2.18. The normalized spacial score (nSPS) is 16.9. The summed E-state index contributed by atoms with van der Waals surface area (Å²) >= 11 is 1.67. The number of thiazole rings is 1. The SMILES string of the molecule is CCc1sc(CC(=O)[C@@H]2CCN2)nc1-c1ccccc1.Cl. The zero-order chi connectivity index (χ0) is 13.9. The summed E-state index contributed by atoms with van der Waals surface area (Å²) in [5.74, 6) is 0.271. The Balaban J connectivity index is 0.00000161. The van der Waals surface area contributed by atoms with Crippen LogP contribution in [-0.2, 0) is 17.6 Å². The number of rotatable bonds is 5. The molecule has 1 fully saturated rings. The maximum Gasteiger partial charge on any atom is 0.156 e. The topological polar surface area (TPSA) is 42.0 Å². The van der Waals surface area contributed by atoms with E-state index in [9.17, 15) is 4.79 Å². The molecule has 0 aliphatic carbocycles. The van der Waals surface area contributed by atoms with Gasteiger partial charge in [-0.2, -0.15) is 0 Å². The van der Waals surface area contributed by atoms with Crippen molar-refractivity contribution in [2.75, 3.05) is 6.54 Å².